The minimum Gasteiger partial charge on any atom is -0.545 e. The van der Waals surface area contributed by atoms with Crippen LogP contribution in [-0.2, 0) is 0 Å². The van der Waals surface area contributed by atoms with Gasteiger partial charge in [0.25, 0.3) is 5.91 Å². The van der Waals surface area contributed by atoms with E-state index in [1.165, 1.54) is 18.2 Å². The van der Waals surface area contributed by atoms with E-state index in [-0.39, 0.29) is 11.1 Å². The number of carboxylic acids is 1. The number of aromatic carboxylic acids is 1. The molecular formula is C21H15N2O3-. The molecule has 26 heavy (non-hydrogen) atoms. The van der Waals surface area contributed by atoms with Crippen LogP contribution in [0.15, 0.2) is 90.0 Å². The molecule has 0 aliphatic rings. The summed E-state index contributed by atoms with van der Waals surface area (Å²) in [5, 5.41) is 15.4. The number of hydrogen-bond acceptors (Lipinski definition) is 4. The summed E-state index contributed by atoms with van der Waals surface area (Å²) in [7, 11) is 0. The molecule has 128 valence electrons. The third-order valence-electron chi connectivity index (χ3n) is 3.76. The van der Waals surface area contributed by atoms with E-state index < -0.39 is 11.9 Å². The van der Waals surface area contributed by atoms with Crippen molar-refractivity contribution in [1.29, 1.82) is 0 Å². The van der Waals surface area contributed by atoms with Gasteiger partial charge in [0.1, 0.15) is 0 Å². The molecular weight excluding hydrogens is 328 g/mol. The van der Waals surface area contributed by atoms with Gasteiger partial charge in [0.15, 0.2) is 0 Å². The highest BCUT2D eigenvalue weighted by Gasteiger charge is 2.12. The van der Waals surface area contributed by atoms with E-state index in [2.05, 4.69) is 10.5 Å². The molecule has 0 aliphatic heterocycles. The summed E-state index contributed by atoms with van der Waals surface area (Å²) in [5.74, 6) is -2.03. The van der Waals surface area contributed by atoms with Crippen LogP contribution in [0.3, 0.4) is 0 Å². The second-order valence-corrected chi connectivity index (χ2v) is 5.47. The maximum Gasteiger partial charge on any atom is 0.272 e. The number of nitrogens with one attached hydrogen (secondary N) is 1. The molecule has 0 saturated carbocycles. The molecule has 0 heterocycles. The summed E-state index contributed by atoms with van der Waals surface area (Å²) in [4.78, 5) is 23.6. The molecule has 0 atom stereocenters. The van der Waals surface area contributed by atoms with Crippen molar-refractivity contribution in [1.82, 2.24) is 5.43 Å². The fourth-order valence-corrected chi connectivity index (χ4v) is 2.51. The molecule has 0 radical (unpaired) electrons. The SMILES string of the molecule is O=C([O-])c1ccccc1C(=O)NN=C(c1ccccc1)c1ccccc1. The number of carboxylic acid groups (broad SMARTS) is 1. The summed E-state index contributed by atoms with van der Waals surface area (Å²) in [6, 6.07) is 24.7. The fourth-order valence-electron chi connectivity index (χ4n) is 2.51. The van der Waals surface area contributed by atoms with Gasteiger partial charge in [-0.2, -0.15) is 5.10 Å². The minimum absolute atomic E-state index is 0.00303. The summed E-state index contributed by atoms with van der Waals surface area (Å²) < 4.78 is 0. The molecule has 5 nitrogen and oxygen atoms in total. The van der Waals surface area contributed by atoms with Gasteiger partial charge >= 0.3 is 0 Å². The van der Waals surface area contributed by atoms with Crippen LogP contribution in [0.5, 0.6) is 0 Å². The van der Waals surface area contributed by atoms with Gasteiger partial charge in [-0.3, -0.25) is 4.79 Å². The van der Waals surface area contributed by atoms with Gasteiger partial charge in [0.05, 0.1) is 17.2 Å². The monoisotopic (exact) mass is 343 g/mol. The number of rotatable bonds is 5. The van der Waals surface area contributed by atoms with E-state index in [1.807, 2.05) is 60.7 Å². The lowest BCUT2D eigenvalue weighted by Gasteiger charge is -2.10. The highest BCUT2D eigenvalue weighted by molar-refractivity contribution is 6.13. The Morgan fingerprint density at radius 3 is 1.65 bits per heavy atom. The molecule has 1 amide bonds. The van der Waals surface area contributed by atoms with Gasteiger partial charge in [-0.15, -0.1) is 0 Å². The van der Waals surface area contributed by atoms with Gasteiger partial charge < -0.3 is 9.90 Å². The molecule has 1 N–H and O–H groups in total. The Bertz CT molecular complexity index is 910. The van der Waals surface area contributed by atoms with Crippen LogP contribution in [-0.4, -0.2) is 17.6 Å². The van der Waals surface area contributed by atoms with Gasteiger partial charge in [-0.1, -0.05) is 78.9 Å². The Morgan fingerprint density at radius 1 is 0.692 bits per heavy atom. The highest BCUT2D eigenvalue weighted by Crippen LogP contribution is 2.11. The molecule has 3 aromatic carbocycles. The number of carbonyl (C=O) groups excluding carboxylic acids is 2. The molecule has 0 saturated heterocycles. The number of hydrazone groups is 1. The first-order chi connectivity index (χ1) is 12.7. The number of nitrogens with zero attached hydrogens (tertiary/aromatic N) is 1. The third kappa shape index (κ3) is 3.84. The van der Waals surface area contributed by atoms with Crippen molar-refractivity contribution in [2.24, 2.45) is 5.10 Å². The fraction of sp³-hybridized carbons (Fsp3) is 0. The number of hydrogen-bond donors (Lipinski definition) is 1. The van der Waals surface area contributed by atoms with Gasteiger partial charge in [-0.25, -0.2) is 5.43 Å². The summed E-state index contributed by atoms with van der Waals surface area (Å²) in [5.41, 5.74) is 4.49. The zero-order valence-electron chi connectivity index (χ0n) is 13.8. The van der Waals surface area contributed by atoms with Crippen LogP contribution in [0.25, 0.3) is 0 Å². The van der Waals surface area contributed by atoms with E-state index in [1.54, 1.807) is 6.07 Å². The Kier molecular flexibility index (Phi) is 5.19. The lowest BCUT2D eigenvalue weighted by atomic mass is 10.0. The zero-order chi connectivity index (χ0) is 18.4. The standard InChI is InChI=1S/C21H16N2O3/c24-20(17-13-7-8-14-18(17)21(25)26)23-22-19(15-9-3-1-4-10-15)16-11-5-2-6-12-16/h1-14H,(H,23,24)(H,25,26)/p-1. The van der Waals surface area contributed by atoms with E-state index in [4.69, 9.17) is 0 Å². The van der Waals surface area contributed by atoms with Crippen molar-refractivity contribution < 1.29 is 14.7 Å². The zero-order valence-corrected chi connectivity index (χ0v) is 13.8. The first kappa shape index (κ1) is 17.1. The predicted molar refractivity (Wildman–Crippen MR) is 96.8 cm³/mol. The number of amides is 1. The number of carbonyl (C=O) groups is 2. The van der Waals surface area contributed by atoms with Crippen molar-refractivity contribution >= 4 is 17.6 Å². The number of benzene rings is 3. The molecule has 0 aromatic heterocycles. The van der Waals surface area contributed by atoms with E-state index in [9.17, 15) is 14.7 Å². The van der Waals surface area contributed by atoms with Crippen molar-refractivity contribution in [2.75, 3.05) is 0 Å². The van der Waals surface area contributed by atoms with Crippen LogP contribution in [0.1, 0.15) is 31.8 Å². The lowest BCUT2D eigenvalue weighted by molar-refractivity contribution is -0.255. The largest absolute Gasteiger partial charge is 0.545 e. The van der Waals surface area contributed by atoms with Crippen LogP contribution in [0.2, 0.25) is 0 Å². The topological polar surface area (TPSA) is 81.6 Å². The van der Waals surface area contributed by atoms with Crippen LogP contribution in [0, 0.1) is 0 Å². The van der Waals surface area contributed by atoms with Crippen molar-refractivity contribution in [3.8, 4) is 0 Å². The van der Waals surface area contributed by atoms with Gasteiger partial charge in [-0.05, 0) is 6.07 Å². The molecule has 3 aromatic rings. The Morgan fingerprint density at radius 2 is 1.15 bits per heavy atom. The van der Waals surface area contributed by atoms with Crippen molar-refractivity contribution in [2.45, 2.75) is 0 Å². The van der Waals surface area contributed by atoms with Crippen LogP contribution >= 0.6 is 0 Å². The molecule has 3 rings (SSSR count). The van der Waals surface area contributed by atoms with Gasteiger partial charge in [0.2, 0.25) is 0 Å². The molecule has 0 spiro atoms. The molecule has 5 heteroatoms. The van der Waals surface area contributed by atoms with E-state index >= 15 is 0 Å². The minimum atomic E-state index is -1.41. The van der Waals surface area contributed by atoms with Crippen LogP contribution < -0.4 is 10.5 Å². The summed E-state index contributed by atoms with van der Waals surface area (Å²) in [6.45, 7) is 0. The van der Waals surface area contributed by atoms with Crippen LogP contribution in [0.4, 0.5) is 0 Å². The maximum atomic E-state index is 12.4. The summed E-state index contributed by atoms with van der Waals surface area (Å²) in [6.07, 6.45) is 0. The Labute approximate surface area is 150 Å². The second-order valence-electron chi connectivity index (χ2n) is 5.47. The smallest absolute Gasteiger partial charge is 0.272 e. The second kappa shape index (κ2) is 7.90. The van der Waals surface area contributed by atoms with E-state index in [0.717, 1.165) is 11.1 Å². The maximum absolute atomic E-state index is 12.4. The average Bonchev–Trinajstić information content (AvgIpc) is 2.69. The average molecular weight is 343 g/mol. The Balaban J connectivity index is 1.95. The van der Waals surface area contributed by atoms with E-state index in [0.29, 0.717) is 5.71 Å². The van der Waals surface area contributed by atoms with Crippen molar-refractivity contribution in [3.05, 3.63) is 107 Å². The lowest BCUT2D eigenvalue weighted by Crippen LogP contribution is -2.28. The highest BCUT2D eigenvalue weighted by atomic mass is 16.4. The first-order valence-electron chi connectivity index (χ1n) is 7.96. The normalized spacial score (nSPS) is 10.0. The molecule has 0 bridgehead atoms. The summed E-state index contributed by atoms with van der Waals surface area (Å²) >= 11 is 0. The first-order valence-corrected chi connectivity index (χ1v) is 7.96. The molecule has 0 fully saturated rings. The molecule has 0 unspecified atom stereocenters. The quantitative estimate of drug-likeness (QED) is 0.570. The van der Waals surface area contributed by atoms with Gasteiger partial charge in [0, 0.05) is 16.7 Å². The Hall–Kier alpha value is -3.73. The third-order valence-corrected chi connectivity index (χ3v) is 3.76. The molecule has 0 aliphatic carbocycles. The predicted octanol–water partition coefficient (Wildman–Crippen LogP) is 2.23. The van der Waals surface area contributed by atoms with Crippen molar-refractivity contribution in [3.63, 3.8) is 0 Å².